The monoisotopic (exact) mass is 299 g/mol. The van der Waals surface area contributed by atoms with E-state index in [1.807, 2.05) is 0 Å². The van der Waals surface area contributed by atoms with Gasteiger partial charge in [-0.25, -0.2) is 4.39 Å². The van der Waals surface area contributed by atoms with Crippen LogP contribution in [-0.4, -0.2) is 28.5 Å². The molecular formula is C11H11BrFN3O. The maximum atomic E-state index is 13.7. The van der Waals surface area contributed by atoms with Crippen molar-refractivity contribution in [3.05, 3.63) is 34.8 Å². The molecule has 6 heteroatoms. The van der Waals surface area contributed by atoms with Gasteiger partial charge in [0.1, 0.15) is 12.1 Å². The summed E-state index contributed by atoms with van der Waals surface area (Å²) in [4.78, 5) is 0. The summed E-state index contributed by atoms with van der Waals surface area (Å²) >= 11 is 3.31. The molecule has 0 aliphatic carbocycles. The molecule has 0 saturated heterocycles. The maximum Gasteiger partial charge on any atom is 0.166 e. The fraction of sp³-hybridized carbons (Fsp3) is 0.273. The first-order chi connectivity index (χ1) is 8.22. The number of halogens is 2. The topological polar surface area (TPSA) is 39.9 Å². The number of ether oxygens (including phenoxy) is 1. The molecule has 4 nitrogen and oxygen atoms in total. The minimum absolute atomic E-state index is 0.320. The number of nitrogens with zero attached hydrogens (tertiary/aromatic N) is 3. The molecule has 1 heterocycles. The lowest BCUT2D eigenvalue weighted by Gasteiger charge is -2.07. The van der Waals surface area contributed by atoms with E-state index in [-0.39, 0.29) is 5.82 Å². The Balaban J connectivity index is 2.38. The van der Waals surface area contributed by atoms with Crippen LogP contribution in [0.1, 0.15) is 0 Å². The molecule has 0 fully saturated rings. The number of aromatic nitrogens is 3. The van der Waals surface area contributed by atoms with E-state index in [0.717, 1.165) is 4.47 Å². The van der Waals surface area contributed by atoms with Crippen molar-refractivity contribution in [2.24, 2.45) is 0 Å². The second kappa shape index (κ2) is 5.37. The van der Waals surface area contributed by atoms with Crippen molar-refractivity contribution in [2.45, 2.75) is 6.54 Å². The molecule has 0 aliphatic rings. The highest BCUT2D eigenvalue weighted by Gasteiger charge is 2.12. The van der Waals surface area contributed by atoms with Crippen molar-refractivity contribution in [3.8, 4) is 11.4 Å². The molecular weight excluding hydrogens is 289 g/mol. The Morgan fingerprint density at radius 2 is 2.29 bits per heavy atom. The van der Waals surface area contributed by atoms with E-state index in [1.54, 1.807) is 30.1 Å². The van der Waals surface area contributed by atoms with E-state index in [0.29, 0.717) is 24.5 Å². The van der Waals surface area contributed by atoms with Gasteiger partial charge in [0, 0.05) is 18.1 Å². The number of hydrogen-bond donors (Lipinski definition) is 0. The first-order valence-electron chi connectivity index (χ1n) is 5.04. The molecule has 2 aromatic rings. The second-order valence-corrected chi connectivity index (χ2v) is 4.38. The largest absolute Gasteiger partial charge is 0.383 e. The van der Waals surface area contributed by atoms with E-state index in [2.05, 4.69) is 26.1 Å². The van der Waals surface area contributed by atoms with Crippen LogP contribution in [0.5, 0.6) is 0 Å². The van der Waals surface area contributed by atoms with Gasteiger partial charge in [0.2, 0.25) is 0 Å². The quantitative estimate of drug-likeness (QED) is 0.871. The highest BCUT2D eigenvalue weighted by atomic mass is 79.9. The van der Waals surface area contributed by atoms with Gasteiger partial charge in [-0.05, 0) is 18.2 Å². The van der Waals surface area contributed by atoms with E-state index < -0.39 is 0 Å². The second-order valence-electron chi connectivity index (χ2n) is 3.46. The van der Waals surface area contributed by atoms with Crippen molar-refractivity contribution < 1.29 is 9.13 Å². The molecule has 0 N–H and O–H groups in total. The summed E-state index contributed by atoms with van der Waals surface area (Å²) in [5.41, 5.74) is 0.424. The molecule has 0 saturated carbocycles. The van der Waals surface area contributed by atoms with Crippen LogP contribution in [0.15, 0.2) is 29.0 Å². The van der Waals surface area contributed by atoms with Gasteiger partial charge >= 0.3 is 0 Å². The summed E-state index contributed by atoms with van der Waals surface area (Å²) in [6.07, 6.45) is 1.56. The van der Waals surface area contributed by atoms with Crippen LogP contribution in [0, 0.1) is 5.82 Å². The summed E-state index contributed by atoms with van der Waals surface area (Å²) in [5, 5.41) is 7.74. The highest BCUT2D eigenvalue weighted by molar-refractivity contribution is 9.10. The van der Waals surface area contributed by atoms with Gasteiger partial charge in [0.15, 0.2) is 5.82 Å². The number of hydrogen-bond acceptors (Lipinski definition) is 3. The Labute approximate surface area is 107 Å². The molecule has 0 aliphatic heterocycles. The van der Waals surface area contributed by atoms with Gasteiger partial charge in [0.05, 0.1) is 12.2 Å². The average Bonchev–Trinajstić information content (AvgIpc) is 2.77. The highest BCUT2D eigenvalue weighted by Crippen LogP contribution is 2.24. The summed E-state index contributed by atoms with van der Waals surface area (Å²) in [6, 6.07) is 4.73. The van der Waals surface area contributed by atoms with Gasteiger partial charge in [-0.1, -0.05) is 15.9 Å². The Morgan fingerprint density at radius 3 is 3.06 bits per heavy atom. The molecule has 1 aromatic carbocycles. The van der Waals surface area contributed by atoms with Crippen LogP contribution < -0.4 is 0 Å². The number of methoxy groups -OCH3 is 1. The van der Waals surface area contributed by atoms with Crippen molar-refractivity contribution in [1.29, 1.82) is 0 Å². The molecule has 90 valence electrons. The van der Waals surface area contributed by atoms with Crippen LogP contribution in [-0.2, 0) is 11.3 Å². The molecule has 0 atom stereocenters. The molecule has 0 amide bonds. The van der Waals surface area contributed by atoms with Crippen LogP contribution in [0.2, 0.25) is 0 Å². The summed E-state index contributed by atoms with van der Waals surface area (Å²) in [5.74, 6) is 0.181. The fourth-order valence-corrected chi connectivity index (χ4v) is 1.85. The van der Waals surface area contributed by atoms with Gasteiger partial charge in [-0.3, -0.25) is 0 Å². The third-order valence-electron chi connectivity index (χ3n) is 2.32. The van der Waals surface area contributed by atoms with Gasteiger partial charge in [0.25, 0.3) is 0 Å². The zero-order valence-corrected chi connectivity index (χ0v) is 10.8. The van der Waals surface area contributed by atoms with E-state index in [1.165, 1.54) is 6.07 Å². The molecule has 0 unspecified atom stereocenters. The standard InChI is InChI=1S/C11H11BrFN3O/c1-17-5-4-16-7-14-15-11(16)9-6-8(12)2-3-10(9)13/h2-3,6-7H,4-5H2,1H3. The fourth-order valence-electron chi connectivity index (χ4n) is 1.49. The lowest BCUT2D eigenvalue weighted by atomic mass is 10.2. The minimum Gasteiger partial charge on any atom is -0.383 e. The van der Waals surface area contributed by atoms with Crippen molar-refractivity contribution in [3.63, 3.8) is 0 Å². The van der Waals surface area contributed by atoms with Gasteiger partial charge in [-0.15, -0.1) is 10.2 Å². The number of rotatable bonds is 4. The predicted octanol–water partition coefficient (Wildman–Crippen LogP) is 2.49. The van der Waals surface area contributed by atoms with E-state index in [9.17, 15) is 4.39 Å². The zero-order valence-electron chi connectivity index (χ0n) is 9.23. The van der Waals surface area contributed by atoms with Gasteiger partial charge in [-0.2, -0.15) is 0 Å². The third-order valence-corrected chi connectivity index (χ3v) is 2.81. The first kappa shape index (κ1) is 12.2. The lowest BCUT2D eigenvalue weighted by Crippen LogP contribution is -2.05. The number of benzene rings is 1. The Kier molecular flexibility index (Phi) is 3.86. The SMILES string of the molecule is COCCn1cnnc1-c1cc(Br)ccc1F. The maximum absolute atomic E-state index is 13.7. The molecule has 17 heavy (non-hydrogen) atoms. The van der Waals surface area contributed by atoms with Crippen LogP contribution in [0.3, 0.4) is 0 Å². The van der Waals surface area contributed by atoms with Crippen molar-refractivity contribution in [1.82, 2.24) is 14.8 Å². The Morgan fingerprint density at radius 1 is 1.47 bits per heavy atom. The average molecular weight is 300 g/mol. The molecule has 0 spiro atoms. The Hall–Kier alpha value is -1.27. The first-order valence-corrected chi connectivity index (χ1v) is 5.84. The molecule has 1 aromatic heterocycles. The van der Waals surface area contributed by atoms with E-state index in [4.69, 9.17) is 4.74 Å². The molecule has 0 bridgehead atoms. The van der Waals surface area contributed by atoms with Crippen LogP contribution >= 0.6 is 15.9 Å². The van der Waals surface area contributed by atoms with Gasteiger partial charge < -0.3 is 9.30 Å². The summed E-state index contributed by atoms with van der Waals surface area (Å²) in [6.45, 7) is 1.12. The summed E-state index contributed by atoms with van der Waals surface area (Å²) < 4.78 is 21.2. The van der Waals surface area contributed by atoms with Crippen molar-refractivity contribution >= 4 is 15.9 Å². The third kappa shape index (κ3) is 2.70. The molecule has 0 radical (unpaired) electrons. The minimum atomic E-state index is -0.320. The van der Waals surface area contributed by atoms with Crippen LogP contribution in [0.25, 0.3) is 11.4 Å². The normalized spacial score (nSPS) is 10.8. The molecule has 2 rings (SSSR count). The lowest BCUT2D eigenvalue weighted by molar-refractivity contribution is 0.187. The van der Waals surface area contributed by atoms with Crippen LogP contribution in [0.4, 0.5) is 4.39 Å². The Bertz CT molecular complexity index is 515. The summed E-state index contributed by atoms with van der Waals surface area (Å²) in [7, 11) is 1.61. The van der Waals surface area contributed by atoms with Crippen molar-refractivity contribution in [2.75, 3.05) is 13.7 Å². The van der Waals surface area contributed by atoms with E-state index >= 15 is 0 Å². The smallest absolute Gasteiger partial charge is 0.166 e. The zero-order chi connectivity index (χ0) is 12.3. The predicted molar refractivity (Wildman–Crippen MR) is 65.0 cm³/mol.